The molecule has 0 spiro atoms. The van der Waals surface area contributed by atoms with Crippen LogP contribution in [0.15, 0.2) is 47.4 Å². The molecular formula is C17H19N3O3S. The van der Waals surface area contributed by atoms with Crippen LogP contribution in [-0.4, -0.2) is 34.2 Å². The quantitative estimate of drug-likeness (QED) is 0.833. The summed E-state index contributed by atoms with van der Waals surface area (Å²) >= 11 is 0. The summed E-state index contributed by atoms with van der Waals surface area (Å²) in [7, 11) is 0.0241. The van der Waals surface area contributed by atoms with Crippen molar-refractivity contribution in [1.29, 1.82) is 5.26 Å². The zero-order valence-electron chi connectivity index (χ0n) is 13.5. The number of phenols is 1. The third kappa shape index (κ3) is 4.25. The number of phenolic OH excluding ortho intramolecular Hbond substituents is 1. The van der Waals surface area contributed by atoms with E-state index in [0.29, 0.717) is 6.42 Å². The highest BCUT2D eigenvalue weighted by Crippen LogP contribution is 2.23. The van der Waals surface area contributed by atoms with Gasteiger partial charge in [-0.2, -0.15) is 5.26 Å². The maximum absolute atomic E-state index is 12.3. The fourth-order valence-corrected chi connectivity index (χ4v) is 3.32. The van der Waals surface area contributed by atoms with Gasteiger partial charge in [-0.05, 0) is 42.3 Å². The number of nitrogens with zero attached hydrogens (tertiary/aromatic N) is 2. The van der Waals surface area contributed by atoms with Gasteiger partial charge in [0.15, 0.2) is 0 Å². The first-order valence-corrected chi connectivity index (χ1v) is 8.81. The molecule has 6 nitrogen and oxygen atoms in total. The van der Waals surface area contributed by atoms with E-state index < -0.39 is 10.0 Å². The summed E-state index contributed by atoms with van der Waals surface area (Å²) in [6.45, 7) is 0.194. The summed E-state index contributed by atoms with van der Waals surface area (Å²) in [6, 6.07) is 13.4. The molecule has 126 valence electrons. The number of hydrogen-bond donors (Lipinski definition) is 2. The van der Waals surface area contributed by atoms with Crippen LogP contribution in [0.1, 0.15) is 11.1 Å². The van der Waals surface area contributed by atoms with Gasteiger partial charge in [0.2, 0.25) is 10.0 Å². The number of nitriles is 1. The molecule has 24 heavy (non-hydrogen) atoms. The van der Waals surface area contributed by atoms with Crippen molar-refractivity contribution < 1.29 is 13.5 Å². The van der Waals surface area contributed by atoms with Gasteiger partial charge in [0.1, 0.15) is 10.6 Å². The minimum absolute atomic E-state index is 0.174. The summed E-state index contributed by atoms with van der Waals surface area (Å²) in [6.07, 6.45) is 0.519. The lowest BCUT2D eigenvalue weighted by Crippen LogP contribution is -2.26. The number of benzene rings is 2. The SMILES string of the molecule is CN(C)c1ccc(CCNS(=O)(=O)c2cc(C#N)ccc2O)cc1. The number of hydrogen-bond acceptors (Lipinski definition) is 5. The van der Waals surface area contributed by atoms with Crippen LogP contribution in [0.3, 0.4) is 0 Å². The van der Waals surface area contributed by atoms with Crippen LogP contribution in [0, 0.1) is 11.3 Å². The Labute approximate surface area is 142 Å². The van der Waals surface area contributed by atoms with E-state index in [1.807, 2.05) is 49.3 Å². The maximum Gasteiger partial charge on any atom is 0.244 e. The van der Waals surface area contributed by atoms with E-state index in [4.69, 9.17) is 5.26 Å². The van der Waals surface area contributed by atoms with Gasteiger partial charge >= 0.3 is 0 Å². The number of sulfonamides is 1. The van der Waals surface area contributed by atoms with Gasteiger partial charge < -0.3 is 10.0 Å². The fraction of sp³-hybridized carbons (Fsp3) is 0.235. The Morgan fingerprint density at radius 2 is 1.83 bits per heavy atom. The molecule has 2 aromatic carbocycles. The number of aromatic hydroxyl groups is 1. The van der Waals surface area contributed by atoms with Crippen molar-refractivity contribution in [2.75, 3.05) is 25.5 Å². The first kappa shape index (κ1) is 17.8. The van der Waals surface area contributed by atoms with Gasteiger partial charge in [-0.3, -0.25) is 0 Å². The van der Waals surface area contributed by atoms with Crippen LogP contribution >= 0.6 is 0 Å². The first-order chi connectivity index (χ1) is 11.3. The van der Waals surface area contributed by atoms with Crippen LogP contribution in [0.2, 0.25) is 0 Å². The van der Waals surface area contributed by atoms with Crippen molar-refractivity contribution in [2.24, 2.45) is 0 Å². The molecule has 0 aliphatic heterocycles. The number of nitrogens with one attached hydrogen (secondary N) is 1. The average molecular weight is 345 g/mol. The fourth-order valence-electron chi connectivity index (χ4n) is 2.17. The van der Waals surface area contributed by atoms with E-state index in [-0.39, 0.29) is 22.8 Å². The lowest BCUT2D eigenvalue weighted by atomic mass is 10.1. The van der Waals surface area contributed by atoms with E-state index in [1.54, 1.807) is 0 Å². The Hall–Kier alpha value is -2.56. The second-order valence-electron chi connectivity index (χ2n) is 5.50. The maximum atomic E-state index is 12.3. The van der Waals surface area contributed by atoms with Crippen LogP contribution in [-0.2, 0) is 16.4 Å². The third-order valence-electron chi connectivity index (χ3n) is 3.54. The summed E-state index contributed by atoms with van der Waals surface area (Å²) < 4.78 is 27.0. The molecule has 0 radical (unpaired) electrons. The zero-order chi connectivity index (χ0) is 17.7. The molecular weight excluding hydrogens is 326 g/mol. The van der Waals surface area contributed by atoms with Crippen molar-refractivity contribution in [3.05, 3.63) is 53.6 Å². The Morgan fingerprint density at radius 1 is 1.17 bits per heavy atom. The highest BCUT2D eigenvalue weighted by atomic mass is 32.2. The zero-order valence-corrected chi connectivity index (χ0v) is 14.3. The van der Waals surface area contributed by atoms with Crippen molar-refractivity contribution >= 4 is 15.7 Å². The lowest BCUT2D eigenvalue weighted by Gasteiger charge is -2.13. The molecule has 0 heterocycles. The van der Waals surface area contributed by atoms with Crippen LogP contribution in [0.4, 0.5) is 5.69 Å². The Kier molecular flexibility index (Phi) is 5.44. The molecule has 0 bridgehead atoms. The summed E-state index contributed by atoms with van der Waals surface area (Å²) in [5, 5.41) is 18.6. The molecule has 0 aromatic heterocycles. The minimum Gasteiger partial charge on any atom is -0.507 e. The highest BCUT2D eigenvalue weighted by Gasteiger charge is 2.18. The van der Waals surface area contributed by atoms with Gasteiger partial charge in [-0.15, -0.1) is 0 Å². The number of anilines is 1. The lowest BCUT2D eigenvalue weighted by molar-refractivity contribution is 0.458. The molecule has 0 atom stereocenters. The van der Waals surface area contributed by atoms with E-state index in [2.05, 4.69) is 4.72 Å². The molecule has 0 unspecified atom stereocenters. The van der Waals surface area contributed by atoms with E-state index in [1.165, 1.54) is 12.1 Å². The minimum atomic E-state index is -3.87. The van der Waals surface area contributed by atoms with Crippen LogP contribution in [0.25, 0.3) is 0 Å². The standard InChI is InChI=1S/C17H19N3O3S/c1-20(2)15-6-3-13(4-7-15)9-10-19-24(22,23)17-11-14(12-18)5-8-16(17)21/h3-8,11,19,21H,9-10H2,1-2H3. The van der Waals surface area contributed by atoms with Crippen LogP contribution in [0.5, 0.6) is 5.75 Å². The molecule has 0 amide bonds. The van der Waals surface area contributed by atoms with Gasteiger partial charge in [0.25, 0.3) is 0 Å². The van der Waals surface area contributed by atoms with Gasteiger partial charge in [0.05, 0.1) is 11.6 Å². The molecule has 0 aliphatic carbocycles. The van der Waals surface area contributed by atoms with E-state index >= 15 is 0 Å². The molecule has 2 rings (SSSR count). The average Bonchev–Trinajstić information content (AvgIpc) is 2.55. The monoisotopic (exact) mass is 345 g/mol. The molecule has 7 heteroatoms. The second-order valence-corrected chi connectivity index (χ2v) is 7.24. The van der Waals surface area contributed by atoms with Crippen LogP contribution < -0.4 is 9.62 Å². The highest BCUT2D eigenvalue weighted by molar-refractivity contribution is 7.89. The van der Waals surface area contributed by atoms with Crippen molar-refractivity contribution in [3.63, 3.8) is 0 Å². The molecule has 0 aliphatic rings. The summed E-state index contributed by atoms with van der Waals surface area (Å²) in [5.41, 5.74) is 2.24. The van der Waals surface area contributed by atoms with Gasteiger partial charge in [0, 0.05) is 26.3 Å². The molecule has 0 saturated heterocycles. The Morgan fingerprint density at radius 3 is 2.42 bits per heavy atom. The largest absolute Gasteiger partial charge is 0.507 e. The predicted octanol–water partition coefficient (Wildman–Crippen LogP) is 1.85. The van der Waals surface area contributed by atoms with E-state index in [0.717, 1.165) is 17.3 Å². The van der Waals surface area contributed by atoms with Crippen molar-refractivity contribution in [3.8, 4) is 11.8 Å². The molecule has 2 aromatic rings. The third-order valence-corrected chi connectivity index (χ3v) is 5.03. The van der Waals surface area contributed by atoms with E-state index in [9.17, 15) is 13.5 Å². The molecule has 2 N–H and O–H groups in total. The number of rotatable bonds is 6. The summed E-state index contributed by atoms with van der Waals surface area (Å²) in [4.78, 5) is 1.70. The Balaban J connectivity index is 2.04. The smallest absolute Gasteiger partial charge is 0.244 e. The normalized spacial score (nSPS) is 11.0. The molecule has 0 fully saturated rings. The first-order valence-electron chi connectivity index (χ1n) is 7.32. The topological polar surface area (TPSA) is 93.4 Å². The second kappa shape index (κ2) is 7.34. The van der Waals surface area contributed by atoms with Crippen molar-refractivity contribution in [1.82, 2.24) is 4.72 Å². The van der Waals surface area contributed by atoms with Crippen molar-refractivity contribution in [2.45, 2.75) is 11.3 Å². The molecule has 0 saturated carbocycles. The predicted molar refractivity (Wildman–Crippen MR) is 92.5 cm³/mol. The Bertz CT molecular complexity index is 854. The summed E-state index contributed by atoms with van der Waals surface area (Å²) in [5.74, 6) is -0.378. The van der Waals surface area contributed by atoms with Gasteiger partial charge in [-0.25, -0.2) is 13.1 Å². The van der Waals surface area contributed by atoms with Gasteiger partial charge in [-0.1, -0.05) is 12.1 Å².